The van der Waals surface area contributed by atoms with Gasteiger partial charge in [0, 0.05) is 11.8 Å². The molecule has 3 aromatic heterocycles. The van der Waals surface area contributed by atoms with Gasteiger partial charge in [-0.3, -0.25) is 9.59 Å². The molecular formula is C17H15F3N6O4S. The number of primary amides is 1. The molecule has 3 aromatic rings. The van der Waals surface area contributed by atoms with Gasteiger partial charge < -0.3 is 21.2 Å². The van der Waals surface area contributed by atoms with Crippen molar-refractivity contribution in [1.29, 1.82) is 0 Å². The number of amides is 2. The highest BCUT2D eigenvalue weighted by Crippen LogP contribution is 2.39. The van der Waals surface area contributed by atoms with E-state index in [1.165, 1.54) is 17.7 Å². The molecule has 3 N–H and O–H groups in total. The fourth-order valence-electron chi connectivity index (χ4n) is 2.94. The van der Waals surface area contributed by atoms with Crippen LogP contribution < -0.4 is 11.1 Å². The Morgan fingerprint density at radius 2 is 2.00 bits per heavy atom. The number of rotatable bonds is 6. The smallest absolute Gasteiger partial charge is 0.365 e. The Bertz CT molecular complexity index is 1220. The Morgan fingerprint density at radius 1 is 1.32 bits per heavy atom. The van der Waals surface area contributed by atoms with Gasteiger partial charge in [0.15, 0.2) is 0 Å². The van der Waals surface area contributed by atoms with Crippen LogP contribution in [0, 0.1) is 24.0 Å². The van der Waals surface area contributed by atoms with Gasteiger partial charge in [0.05, 0.1) is 29.1 Å². The quantitative estimate of drug-likeness (QED) is 0.430. The number of halogens is 3. The molecule has 0 aromatic carbocycles. The third-order valence-corrected chi connectivity index (χ3v) is 5.44. The number of pyridine rings is 1. The molecule has 0 atom stereocenters. The normalized spacial score (nSPS) is 11.6. The molecule has 0 fully saturated rings. The summed E-state index contributed by atoms with van der Waals surface area (Å²) in [6.07, 6.45) is -4.84. The van der Waals surface area contributed by atoms with Crippen LogP contribution in [0.1, 0.15) is 33.0 Å². The third-order valence-electron chi connectivity index (χ3n) is 4.34. The molecule has 3 heterocycles. The van der Waals surface area contributed by atoms with Crippen molar-refractivity contribution in [3.63, 3.8) is 0 Å². The van der Waals surface area contributed by atoms with Gasteiger partial charge >= 0.3 is 12.0 Å². The van der Waals surface area contributed by atoms with E-state index in [1.807, 2.05) is 0 Å². The van der Waals surface area contributed by atoms with Gasteiger partial charge in [-0.15, -0.1) is 11.3 Å². The van der Waals surface area contributed by atoms with Crippen LogP contribution in [0.5, 0.6) is 0 Å². The molecule has 0 aliphatic heterocycles. The van der Waals surface area contributed by atoms with E-state index in [2.05, 4.69) is 15.4 Å². The number of fused-ring (bicyclic) bond motifs is 1. The zero-order valence-electron chi connectivity index (χ0n) is 16.1. The van der Waals surface area contributed by atoms with Crippen LogP contribution in [0.2, 0.25) is 0 Å². The number of nitrogens with zero attached hydrogens (tertiary/aromatic N) is 4. The largest absolute Gasteiger partial charge is 0.433 e. The van der Waals surface area contributed by atoms with Crippen molar-refractivity contribution in [3.8, 4) is 0 Å². The minimum atomic E-state index is -4.68. The van der Waals surface area contributed by atoms with E-state index in [4.69, 9.17) is 5.73 Å². The van der Waals surface area contributed by atoms with E-state index in [0.717, 1.165) is 6.07 Å². The zero-order valence-corrected chi connectivity index (χ0v) is 16.9. The van der Waals surface area contributed by atoms with Crippen molar-refractivity contribution >= 4 is 44.9 Å². The molecule has 14 heteroatoms. The van der Waals surface area contributed by atoms with Crippen LogP contribution in [-0.2, 0) is 17.5 Å². The predicted molar refractivity (Wildman–Crippen MR) is 105 cm³/mol. The van der Waals surface area contributed by atoms with Crippen LogP contribution in [0.15, 0.2) is 12.1 Å². The average molecular weight is 456 g/mol. The van der Waals surface area contributed by atoms with Crippen LogP contribution in [0.4, 0.5) is 24.7 Å². The van der Waals surface area contributed by atoms with Crippen LogP contribution in [-0.4, -0.2) is 31.5 Å². The summed E-state index contributed by atoms with van der Waals surface area (Å²) in [5.41, 5.74) is 4.83. The topological polar surface area (TPSA) is 146 Å². The maximum absolute atomic E-state index is 13.0. The Hall–Kier alpha value is -3.55. The second-order valence-corrected chi connectivity index (χ2v) is 7.59. The lowest BCUT2D eigenvalue weighted by Crippen LogP contribution is -2.18. The number of aromatic nitrogens is 3. The van der Waals surface area contributed by atoms with Gasteiger partial charge in [0.25, 0.3) is 5.91 Å². The molecule has 0 aliphatic rings. The summed E-state index contributed by atoms with van der Waals surface area (Å²) < 4.78 is 40.4. The van der Waals surface area contributed by atoms with Gasteiger partial charge in [-0.1, -0.05) is 0 Å². The number of nitrogens with two attached hydrogens (primary N) is 1. The summed E-state index contributed by atoms with van der Waals surface area (Å²) in [4.78, 5) is 37.7. The van der Waals surface area contributed by atoms with E-state index >= 15 is 0 Å². The summed E-state index contributed by atoms with van der Waals surface area (Å²) in [6.45, 7) is 3.00. The number of aryl methyl sites for hydroxylation is 3. The number of hydrogen-bond acceptors (Lipinski definition) is 7. The lowest BCUT2D eigenvalue weighted by molar-refractivity contribution is -0.389. The number of carbonyl (C=O) groups excluding carboxylic acids is 2. The molecular weight excluding hydrogens is 441 g/mol. The molecule has 0 saturated heterocycles. The average Bonchev–Trinajstić information content (AvgIpc) is 3.20. The number of alkyl halides is 3. The van der Waals surface area contributed by atoms with Crippen molar-refractivity contribution in [2.45, 2.75) is 33.0 Å². The summed E-state index contributed by atoms with van der Waals surface area (Å²) in [6, 6.07) is 2.07. The third kappa shape index (κ3) is 4.47. The van der Waals surface area contributed by atoms with Crippen molar-refractivity contribution in [2.75, 3.05) is 5.32 Å². The second-order valence-electron chi connectivity index (χ2n) is 6.60. The minimum Gasteiger partial charge on any atom is -0.365 e. The molecule has 3 rings (SSSR count). The lowest BCUT2D eigenvalue weighted by Gasteiger charge is -2.09. The molecule has 0 unspecified atom stereocenters. The molecule has 31 heavy (non-hydrogen) atoms. The Balaban J connectivity index is 1.89. The first kappa shape index (κ1) is 22.1. The van der Waals surface area contributed by atoms with Gasteiger partial charge in [-0.05, 0) is 30.4 Å². The summed E-state index contributed by atoms with van der Waals surface area (Å²) in [5.74, 6) is -1.87. The van der Waals surface area contributed by atoms with Crippen LogP contribution >= 0.6 is 11.3 Å². The Morgan fingerprint density at radius 3 is 2.55 bits per heavy atom. The van der Waals surface area contributed by atoms with Gasteiger partial charge in [0.2, 0.25) is 5.91 Å². The van der Waals surface area contributed by atoms with Crippen molar-refractivity contribution in [1.82, 2.24) is 14.8 Å². The second kappa shape index (κ2) is 7.94. The first-order valence-corrected chi connectivity index (χ1v) is 9.50. The fourth-order valence-corrected chi connectivity index (χ4v) is 4.00. The molecule has 0 radical (unpaired) electrons. The van der Waals surface area contributed by atoms with Crippen molar-refractivity contribution in [2.24, 2.45) is 5.73 Å². The monoisotopic (exact) mass is 456 g/mol. The zero-order chi connectivity index (χ0) is 23.1. The number of hydrogen-bond donors (Lipinski definition) is 2. The molecule has 2 amide bonds. The van der Waals surface area contributed by atoms with E-state index < -0.39 is 28.6 Å². The molecule has 0 bridgehead atoms. The summed E-state index contributed by atoms with van der Waals surface area (Å²) in [5, 5.41) is 17.3. The predicted octanol–water partition coefficient (Wildman–Crippen LogP) is 3.16. The molecule has 0 aliphatic carbocycles. The Kier molecular flexibility index (Phi) is 5.67. The molecule has 0 saturated carbocycles. The van der Waals surface area contributed by atoms with Gasteiger partial charge in [-0.25, -0.2) is 4.98 Å². The lowest BCUT2D eigenvalue weighted by atomic mass is 10.1. The number of anilines is 1. The summed E-state index contributed by atoms with van der Waals surface area (Å²) >= 11 is 0.649. The van der Waals surface area contributed by atoms with Gasteiger partial charge in [0.1, 0.15) is 15.4 Å². The maximum atomic E-state index is 13.0. The molecule has 164 valence electrons. The minimum absolute atomic E-state index is 0.00886. The maximum Gasteiger partial charge on any atom is 0.433 e. The number of nitrogens with one attached hydrogen (secondary N) is 1. The van der Waals surface area contributed by atoms with Crippen molar-refractivity contribution < 1.29 is 27.7 Å². The number of carbonyl (C=O) groups is 2. The highest BCUT2D eigenvalue weighted by molar-refractivity contribution is 7.21. The van der Waals surface area contributed by atoms with Crippen LogP contribution in [0.25, 0.3) is 10.2 Å². The SMILES string of the molecule is Cc1cc(C(F)(F)F)nc2sc(C(N)=O)c(NC(=O)CCn3nc([N+](=O)[O-])cc3C)c12. The first-order chi connectivity index (χ1) is 14.4. The van der Waals surface area contributed by atoms with E-state index in [-0.39, 0.29) is 45.1 Å². The summed E-state index contributed by atoms with van der Waals surface area (Å²) in [7, 11) is 0. The van der Waals surface area contributed by atoms with Gasteiger partial charge in [-0.2, -0.15) is 17.9 Å². The molecule has 10 nitrogen and oxygen atoms in total. The Labute approximate surface area is 176 Å². The molecule has 0 spiro atoms. The van der Waals surface area contributed by atoms with E-state index in [0.29, 0.717) is 17.0 Å². The first-order valence-electron chi connectivity index (χ1n) is 8.68. The van der Waals surface area contributed by atoms with E-state index in [9.17, 15) is 32.9 Å². The number of thiophene rings is 1. The number of nitro groups is 1. The standard InChI is InChI=1S/C17H15F3N6O4S/c1-7-5-9(17(18,19)20)22-16-12(7)13(14(31-16)15(21)28)23-11(27)3-4-25-8(2)6-10(24-25)26(29)30/h5-6H,3-4H2,1-2H3,(H2,21,28)(H,23,27). The van der Waals surface area contributed by atoms with Crippen LogP contribution in [0.3, 0.4) is 0 Å². The van der Waals surface area contributed by atoms with E-state index in [1.54, 1.807) is 6.92 Å². The van der Waals surface area contributed by atoms with Crippen molar-refractivity contribution in [3.05, 3.63) is 44.1 Å². The highest BCUT2D eigenvalue weighted by Gasteiger charge is 2.34. The fraction of sp³-hybridized carbons (Fsp3) is 0.294. The highest BCUT2D eigenvalue weighted by atomic mass is 32.1.